The zero-order valence-electron chi connectivity index (χ0n) is 22.2. The Morgan fingerprint density at radius 3 is 2.78 bits per heavy atom. The van der Waals surface area contributed by atoms with E-state index in [1.165, 1.54) is 17.7 Å². The van der Waals surface area contributed by atoms with Crippen molar-refractivity contribution in [2.45, 2.75) is 51.7 Å². The average molecular weight is 520 g/mol. The molecule has 3 aliphatic heterocycles. The van der Waals surface area contributed by atoms with Gasteiger partial charge in [0, 0.05) is 60.6 Å². The monoisotopic (exact) mass is 519 g/mol. The van der Waals surface area contributed by atoms with Crippen molar-refractivity contribution in [3.8, 4) is 5.75 Å². The van der Waals surface area contributed by atoms with Gasteiger partial charge in [0.1, 0.15) is 12.4 Å². The molecule has 0 aromatic heterocycles. The summed E-state index contributed by atoms with van der Waals surface area (Å²) in [5.41, 5.74) is 4.68. The maximum Gasteiger partial charge on any atom is 0.127 e. The second-order valence-corrected chi connectivity index (χ2v) is 11.2. The molecular formula is C31H38ClN3O2. The van der Waals surface area contributed by atoms with Crippen LogP contribution < -0.4 is 9.64 Å². The predicted octanol–water partition coefficient (Wildman–Crippen LogP) is 6.31. The molecule has 0 amide bonds. The topological polar surface area (TPSA) is 48.3 Å². The number of halogens is 1. The Kier molecular flexibility index (Phi) is 7.75. The molecule has 1 saturated heterocycles. The maximum absolute atomic E-state index is 10.7. The third-order valence-corrected chi connectivity index (χ3v) is 8.12. The van der Waals surface area contributed by atoms with Crippen molar-refractivity contribution in [3.63, 3.8) is 0 Å². The van der Waals surface area contributed by atoms with Crippen molar-refractivity contribution in [1.29, 1.82) is 0 Å². The second kappa shape index (κ2) is 11.0. The van der Waals surface area contributed by atoms with Crippen LogP contribution >= 0.6 is 11.6 Å². The largest absolute Gasteiger partial charge is 0.487 e. The van der Waals surface area contributed by atoms with Gasteiger partial charge in [-0.15, -0.1) is 0 Å². The van der Waals surface area contributed by atoms with Crippen LogP contribution in [0.1, 0.15) is 51.2 Å². The minimum Gasteiger partial charge on any atom is -0.487 e. The van der Waals surface area contributed by atoms with Crippen LogP contribution in [0, 0.1) is 5.92 Å². The van der Waals surface area contributed by atoms with Crippen molar-refractivity contribution in [2.75, 3.05) is 37.7 Å². The van der Waals surface area contributed by atoms with Crippen molar-refractivity contribution in [1.82, 2.24) is 4.90 Å². The van der Waals surface area contributed by atoms with Gasteiger partial charge in [-0.2, -0.15) is 0 Å². The van der Waals surface area contributed by atoms with Crippen LogP contribution in [0.4, 0.5) is 5.69 Å². The summed E-state index contributed by atoms with van der Waals surface area (Å²) in [5, 5.41) is 11.5. The molecule has 0 radical (unpaired) electrons. The first-order valence-corrected chi connectivity index (χ1v) is 13.9. The highest BCUT2D eigenvalue weighted by atomic mass is 35.5. The van der Waals surface area contributed by atoms with Crippen LogP contribution in [-0.2, 0) is 5.60 Å². The van der Waals surface area contributed by atoms with Gasteiger partial charge in [0.25, 0.3) is 0 Å². The first-order chi connectivity index (χ1) is 17.8. The number of nitrogens with zero attached hydrogens (tertiary/aromatic N) is 3. The quantitative estimate of drug-likeness (QED) is 0.465. The van der Waals surface area contributed by atoms with Gasteiger partial charge < -0.3 is 19.6 Å². The van der Waals surface area contributed by atoms with Gasteiger partial charge in [-0.25, -0.2) is 0 Å². The lowest BCUT2D eigenvalue weighted by Gasteiger charge is -2.30. The highest BCUT2D eigenvalue weighted by Crippen LogP contribution is 2.40. The number of rotatable bonds is 7. The summed E-state index contributed by atoms with van der Waals surface area (Å²) in [6.45, 7) is 10.6. The highest BCUT2D eigenvalue weighted by Gasteiger charge is 2.31. The van der Waals surface area contributed by atoms with Crippen molar-refractivity contribution in [2.24, 2.45) is 10.9 Å². The molecule has 3 heterocycles. The summed E-state index contributed by atoms with van der Waals surface area (Å²) in [4.78, 5) is 9.75. The lowest BCUT2D eigenvalue weighted by molar-refractivity contribution is 0.0785. The number of allylic oxidation sites excluding steroid dienone is 2. The van der Waals surface area contributed by atoms with Gasteiger partial charge in [-0.3, -0.25) is 4.99 Å². The second-order valence-electron chi connectivity index (χ2n) is 10.8. The number of ether oxygens (including phenoxy) is 1. The van der Waals surface area contributed by atoms with Crippen LogP contribution in [0.3, 0.4) is 0 Å². The molecule has 5 rings (SSSR count). The van der Waals surface area contributed by atoms with Gasteiger partial charge in [0.05, 0.1) is 11.3 Å². The fourth-order valence-electron chi connectivity index (χ4n) is 5.83. The zero-order chi connectivity index (χ0) is 26.0. The van der Waals surface area contributed by atoms with Gasteiger partial charge in [0.15, 0.2) is 0 Å². The molecule has 0 saturated carbocycles. The predicted molar refractivity (Wildman–Crippen MR) is 154 cm³/mol. The Balaban J connectivity index is 1.32. The highest BCUT2D eigenvalue weighted by molar-refractivity contribution is 6.30. The molecule has 6 heteroatoms. The lowest BCUT2D eigenvalue weighted by atomic mass is 9.83. The van der Waals surface area contributed by atoms with Crippen molar-refractivity contribution >= 4 is 28.6 Å². The van der Waals surface area contributed by atoms with E-state index in [1.807, 2.05) is 44.3 Å². The number of benzene rings is 2. The molecule has 2 atom stereocenters. The molecule has 2 aromatic rings. The normalized spacial score (nSPS) is 22.7. The summed E-state index contributed by atoms with van der Waals surface area (Å²) in [6, 6.07) is 14.8. The van der Waals surface area contributed by atoms with Crippen molar-refractivity contribution < 1.29 is 9.84 Å². The average Bonchev–Trinajstić information content (AvgIpc) is 3.28. The number of hydrogen-bond donors (Lipinski definition) is 1. The Morgan fingerprint density at radius 2 is 2.03 bits per heavy atom. The number of likely N-dealkylation sites (tertiary alicyclic amines) is 1. The number of hydrogen-bond acceptors (Lipinski definition) is 5. The third-order valence-electron chi connectivity index (χ3n) is 7.86. The smallest absolute Gasteiger partial charge is 0.127 e. The molecule has 2 aromatic carbocycles. The van der Waals surface area contributed by atoms with Crippen LogP contribution in [0.15, 0.2) is 65.8 Å². The molecule has 0 spiro atoms. The molecule has 1 fully saturated rings. The van der Waals surface area contributed by atoms with Gasteiger partial charge in [-0.05, 0) is 87.6 Å². The van der Waals surface area contributed by atoms with Crippen LogP contribution in [0.5, 0.6) is 5.75 Å². The molecular weight excluding hydrogens is 482 g/mol. The molecule has 5 nitrogen and oxygen atoms in total. The third kappa shape index (κ3) is 5.79. The molecule has 0 aliphatic carbocycles. The maximum atomic E-state index is 10.7. The summed E-state index contributed by atoms with van der Waals surface area (Å²) in [5.74, 6) is 1.09. The Bertz CT molecular complexity index is 1200. The van der Waals surface area contributed by atoms with E-state index in [2.05, 4.69) is 52.1 Å². The number of likely N-dealkylation sites (N-methyl/N-ethyl adjacent to an activating group) is 1. The standard InChI is InChI=1S/C31H38ClN3O2/c1-4-35(24-12-10-23(32)11-13-24)25-15-18-34(20-25)17-6-8-26-27-7-5-16-33-29(27)21-37-30-14-9-22(19-28(26)30)31(2,3)36/h5,8-14,16,19,25,27,36H,4,6-7,15,17-18,20-21H2,1-3H3/b26-8+/t25-,27?/m1/s1. The fraction of sp³-hybridized carbons (Fsp3) is 0.452. The van der Waals surface area contributed by atoms with Crippen LogP contribution in [0.2, 0.25) is 5.02 Å². The van der Waals surface area contributed by atoms with E-state index in [4.69, 9.17) is 16.3 Å². The number of aliphatic hydroxyl groups is 1. The van der Waals surface area contributed by atoms with Crippen molar-refractivity contribution in [3.05, 3.63) is 77.0 Å². The molecule has 196 valence electrons. The molecule has 0 bridgehead atoms. The van der Waals surface area contributed by atoms with E-state index < -0.39 is 5.60 Å². The number of anilines is 1. The van der Waals surface area contributed by atoms with E-state index in [0.29, 0.717) is 12.6 Å². The SMILES string of the molecule is CCN(c1ccc(Cl)cc1)[C@@H]1CCN(CC/C=C2/c3cc(C(C)(C)O)ccc3OCC3=NC=CCC32)C1. The van der Waals surface area contributed by atoms with Gasteiger partial charge in [-0.1, -0.05) is 29.8 Å². The molecule has 37 heavy (non-hydrogen) atoms. The Hall–Kier alpha value is -2.60. The first kappa shape index (κ1) is 26.0. The van der Waals surface area contributed by atoms with E-state index >= 15 is 0 Å². The minimum absolute atomic E-state index is 0.218. The Morgan fingerprint density at radius 1 is 1.22 bits per heavy atom. The van der Waals surface area contributed by atoms with E-state index in [1.54, 1.807) is 0 Å². The van der Waals surface area contributed by atoms with E-state index in [0.717, 1.165) is 66.6 Å². The summed E-state index contributed by atoms with van der Waals surface area (Å²) < 4.78 is 6.19. The van der Waals surface area contributed by atoms with Gasteiger partial charge in [0.2, 0.25) is 0 Å². The summed E-state index contributed by atoms with van der Waals surface area (Å²) >= 11 is 6.12. The Labute approximate surface area is 226 Å². The molecule has 3 aliphatic rings. The number of aliphatic imine (C=N–C) groups is 1. The van der Waals surface area contributed by atoms with E-state index in [9.17, 15) is 5.11 Å². The van der Waals surface area contributed by atoms with Crippen LogP contribution in [-0.4, -0.2) is 54.5 Å². The zero-order valence-corrected chi connectivity index (χ0v) is 22.9. The summed E-state index contributed by atoms with van der Waals surface area (Å²) in [6.07, 6.45) is 9.50. The van der Waals surface area contributed by atoms with Gasteiger partial charge >= 0.3 is 0 Å². The molecule has 1 unspecified atom stereocenters. The molecule has 1 N–H and O–H groups in total. The lowest BCUT2D eigenvalue weighted by Crippen LogP contribution is -2.37. The fourth-order valence-corrected chi connectivity index (χ4v) is 5.95. The van der Waals surface area contributed by atoms with E-state index in [-0.39, 0.29) is 5.92 Å². The first-order valence-electron chi connectivity index (χ1n) is 13.5. The van der Waals surface area contributed by atoms with Crippen LogP contribution in [0.25, 0.3) is 5.57 Å². The number of fused-ring (bicyclic) bond motifs is 2. The summed E-state index contributed by atoms with van der Waals surface area (Å²) in [7, 11) is 0. The minimum atomic E-state index is -0.907.